The van der Waals surface area contributed by atoms with Gasteiger partial charge in [0.1, 0.15) is 6.54 Å². The molecule has 1 amide bonds. The normalized spacial score (nSPS) is 13.9. The van der Waals surface area contributed by atoms with Crippen LogP contribution in [0, 0.1) is 0 Å². The fraction of sp³-hybridized carbons (Fsp3) is 0.273. The van der Waals surface area contributed by atoms with E-state index in [2.05, 4.69) is 10.00 Å². The van der Waals surface area contributed by atoms with E-state index >= 15 is 0 Å². The standard InChI is InChI=1S/C22H22N4O5/c27-19(25-12-10-24(11-13-25)16-6-2-1-3-7-16)15-31-20(28)14-26-22(30)18-9-5-4-8-17(18)21(29)23-26/h1-9H,10-15H2,(H,23,29). The highest BCUT2D eigenvalue weighted by Crippen LogP contribution is 2.15. The Labute approximate surface area is 177 Å². The highest BCUT2D eigenvalue weighted by molar-refractivity contribution is 5.82. The molecular formula is C22H22N4O5. The number of carbonyl (C=O) groups is 2. The molecule has 2 aromatic carbocycles. The van der Waals surface area contributed by atoms with Crippen LogP contribution in [0.25, 0.3) is 10.8 Å². The molecule has 0 saturated carbocycles. The molecule has 0 spiro atoms. The van der Waals surface area contributed by atoms with Crippen LogP contribution in [-0.4, -0.2) is 59.3 Å². The van der Waals surface area contributed by atoms with Crippen LogP contribution in [0.4, 0.5) is 5.69 Å². The number of fused-ring (bicyclic) bond motifs is 1. The van der Waals surface area contributed by atoms with Crippen molar-refractivity contribution in [2.24, 2.45) is 0 Å². The summed E-state index contributed by atoms with van der Waals surface area (Å²) >= 11 is 0. The number of ether oxygens (including phenoxy) is 1. The van der Waals surface area contributed by atoms with Crippen LogP contribution in [0.5, 0.6) is 0 Å². The number of nitrogens with one attached hydrogen (secondary N) is 1. The number of para-hydroxylation sites is 1. The zero-order chi connectivity index (χ0) is 21.8. The number of benzene rings is 2. The fourth-order valence-corrected chi connectivity index (χ4v) is 3.62. The summed E-state index contributed by atoms with van der Waals surface area (Å²) in [7, 11) is 0. The number of carbonyl (C=O) groups excluding carboxylic acids is 2. The van der Waals surface area contributed by atoms with Crippen LogP contribution in [-0.2, 0) is 20.9 Å². The maximum Gasteiger partial charge on any atom is 0.328 e. The number of nitrogens with zero attached hydrogens (tertiary/aromatic N) is 3. The van der Waals surface area contributed by atoms with Gasteiger partial charge in [-0.2, -0.15) is 0 Å². The van der Waals surface area contributed by atoms with Crippen molar-refractivity contribution in [3.63, 3.8) is 0 Å². The molecule has 3 aromatic rings. The van der Waals surface area contributed by atoms with E-state index in [1.807, 2.05) is 30.3 Å². The summed E-state index contributed by atoms with van der Waals surface area (Å²) in [5, 5.41) is 2.83. The van der Waals surface area contributed by atoms with Crippen LogP contribution in [0.1, 0.15) is 0 Å². The number of H-pyrrole nitrogens is 1. The topological polar surface area (TPSA) is 105 Å². The molecule has 0 atom stereocenters. The molecule has 160 valence electrons. The molecule has 1 aromatic heterocycles. The molecule has 1 saturated heterocycles. The maximum atomic E-state index is 12.5. The van der Waals surface area contributed by atoms with Gasteiger partial charge in [0.05, 0.1) is 10.8 Å². The second kappa shape index (κ2) is 8.86. The highest BCUT2D eigenvalue weighted by Gasteiger charge is 2.22. The molecule has 9 heteroatoms. The largest absolute Gasteiger partial charge is 0.454 e. The van der Waals surface area contributed by atoms with E-state index in [0.717, 1.165) is 10.4 Å². The van der Waals surface area contributed by atoms with Crippen molar-refractivity contribution < 1.29 is 14.3 Å². The van der Waals surface area contributed by atoms with Gasteiger partial charge in [-0.05, 0) is 24.3 Å². The number of hydrogen-bond acceptors (Lipinski definition) is 6. The molecule has 1 aliphatic heterocycles. The van der Waals surface area contributed by atoms with Gasteiger partial charge in [0.25, 0.3) is 17.0 Å². The number of aromatic amines is 1. The first-order valence-corrected chi connectivity index (χ1v) is 9.98. The summed E-state index contributed by atoms with van der Waals surface area (Å²) in [5.41, 5.74) is 0.127. The Hall–Kier alpha value is -3.88. The molecule has 0 radical (unpaired) electrons. The van der Waals surface area contributed by atoms with E-state index < -0.39 is 30.2 Å². The van der Waals surface area contributed by atoms with Gasteiger partial charge in [-0.1, -0.05) is 30.3 Å². The quantitative estimate of drug-likeness (QED) is 0.604. The second-order valence-corrected chi connectivity index (χ2v) is 7.24. The molecule has 1 aliphatic rings. The first-order valence-electron chi connectivity index (χ1n) is 9.98. The van der Waals surface area contributed by atoms with Gasteiger partial charge in [0.15, 0.2) is 6.61 Å². The van der Waals surface area contributed by atoms with Gasteiger partial charge in [-0.3, -0.25) is 24.3 Å². The van der Waals surface area contributed by atoms with Gasteiger partial charge in [-0.15, -0.1) is 0 Å². The van der Waals surface area contributed by atoms with Gasteiger partial charge in [-0.25, -0.2) is 4.68 Å². The zero-order valence-corrected chi connectivity index (χ0v) is 16.8. The van der Waals surface area contributed by atoms with Gasteiger partial charge in [0, 0.05) is 31.9 Å². The number of hydrogen-bond donors (Lipinski definition) is 1. The molecular weight excluding hydrogens is 400 g/mol. The first kappa shape index (κ1) is 20.4. The lowest BCUT2D eigenvalue weighted by Crippen LogP contribution is -2.50. The zero-order valence-electron chi connectivity index (χ0n) is 16.8. The molecule has 4 rings (SSSR count). The Morgan fingerprint density at radius 2 is 1.52 bits per heavy atom. The Balaban J connectivity index is 1.31. The van der Waals surface area contributed by atoms with Crippen LogP contribution in [0.3, 0.4) is 0 Å². The van der Waals surface area contributed by atoms with E-state index in [1.54, 1.807) is 17.0 Å². The number of aromatic nitrogens is 2. The highest BCUT2D eigenvalue weighted by atomic mass is 16.5. The third-order valence-corrected chi connectivity index (χ3v) is 5.28. The minimum absolute atomic E-state index is 0.214. The molecule has 31 heavy (non-hydrogen) atoms. The van der Waals surface area contributed by atoms with Crippen LogP contribution in [0.15, 0.2) is 64.2 Å². The Bertz CT molecular complexity index is 1210. The summed E-state index contributed by atoms with van der Waals surface area (Å²) < 4.78 is 5.95. The number of amides is 1. The lowest BCUT2D eigenvalue weighted by atomic mass is 10.2. The SMILES string of the molecule is O=C(Cn1[nH]c(=O)c2ccccc2c1=O)OCC(=O)N1CCN(c2ccccc2)CC1. The Kier molecular flexibility index (Phi) is 5.83. The Morgan fingerprint density at radius 3 is 2.23 bits per heavy atom. The third kappa shape index (κ3) is 4.50. The minimum Gasteiger partial charge on any atom is -0.454 e. The monoisotopic (exact) mass is 422 g/mol. The van der Waals surface area contributed by atoms with Crippen LogP contribution < -0.4 is 16.0 Å². The predicted molar refractivity (Wildman–Crippen MR) is 115 cm³/mol. The number of esters is 1. The lowest BCUT2D eigenvalue weighted by molar-refractivity contribution is -0.152. The van der Waals surface area contributed by atoms with Gasteiger partial charge in [0.2, 0.25) is 0 Å². The average Bonchev–Trinajstić information content (AvgIpc) is 2.81. The molecule has 1 N–H and O–H groups in total. The molecule has 0 unspecified atom stereocenters. The number of anilines is 1. The van der Waals surface area contributed by atoms with Crippen LogP contribution in [0.2, 0.25) is 0 Å². The van der Waals surface area contributed by atoms with E-state index in [9.17, 15) is 19.2 Å². The molecule has 0 bridgehead atoms. The summed E-state index contributed by atoms with van der Waals surface area (Å²) in [4.78, 5) is 53.0. The average molecular weight is 422 g/mol. The van der Waals surface area contributed by atoms with Gasteiger partial charge < -0.3 is 14.5 Å². The number of piperazine rings is 1. The van der Waals surface area contributed by atoms with E-state index in [-0.39, 0.29) is 16.7 Å². The van der Waals surface area contributed by atoms with E-state index in [0.29, 0.717) is 26.2 Å². The smallest absolute Gasteiger partial charge is 0.328 e. The molecule has 9 nitrogen and oxygen atoms in total. The third-order valence-electron chi connectivity index (χ3n) is 5.28. The second-order valence-electron chi connectivity index (χ2n) is 7.24. The van der Waals surface area contributed by atoms with Crippen molar-refractivity contribution >= 4 is 28.3 Å². The van der Waals surface area contributed by atoms with E-state index in [4.69, 9.17) is 4.74 Å². The summed E-state index contributed by atoms with van der Waals surface area (Å²) in [6, 6.07) is 16.3. The van der Waals surface area contributed by atoms with Crippen molar-refractivity contribution in [3.8, 4) is 0 Å². The van der Waals surface area contributed by atoms with Crippen molar-refractivity contribution in [2.45, 2.75) is 6.54 Å². The van der Waals surface area contributed by atoms with Crippen molar-refractivity contribution in [1.82, 2.24) is 14.7 Å². The summed E-state index contributed by atoms with van der Waals surface area (Å²) in [6.45, 7) is 1.56. The van der Waals surface area contributed by atoms with Crippen LogP contribution >= 0.6 is 0 Å². The molecule has 0 aliphatic carbocycles. The summed E-state index contributed by atoms with van der Waals surface area (Å²) in [6.07, 6.45) is 0. The van der Waals surface area contributed by atoms with Gasteiger partial charge >= 0.3 is 5.97 Å². The minimum atomic E-state index is -0.774. The van der Waals surface area contributed by atoms with Crippen molar-refractivity contribution in [2.75, 3.05) is 37.7 Å². The van der Waals surface area contributed by atoms with Crippen molar-refractivity contribution in [3.05, 3.63) is 75.3 Å². The van der Waals surface area contributed by atoms with E-state index in [1.165, 1.54) is 12.1 Å². The first-order chi connectivity index (χ1) is 15.0. The Morgan fingerprint density at radius 1 is 0.871 bits per heavy atom. The molecule has 1 fully saturated rings. The van der Waals surface area contributed by atoms with Crippen molar-refractivity contribution in [1.29, 1.82) is 0 Å². The number of rotatable bonds is 5. The fourth-order valence-electron chi connectivity index (χ4n) is 3.62. The molecule has 2 heterocycles. The summed E-state index contributed by atoms with van der Waals surface area (Å²) in [5.74, 6) is -1.07. The lowest BCUT2D eigenvalue weighted by Gasteiger charge is -2.36. The maximum absolute atomic E-state index is 12.5. The predicted octanol–water partition coefficient (Wildman–Crippen LogP) is 0.582.